The fraction of sp³-hybridized carbons (Fsp3) is 0.333. The number of aromatic nitrogens is 1. The molecule has 0 bridgehead atoms. The summed E-state index contributed by atoms with van der Waals surface area (Å²) < 4.78 is 1.57. The zero-order valence-electron chi connectivity index (χ0n) is 9.22. The first-order valence-corrected chi connectivity index (χ1v) is 5.12. The highest BCUT2D eigenvalue weighted by Gasteiger charge is 1.97. The van der Waals surface area contributed by atoms with Crippen LogP contribution in [0.25, 0.3) is 0 Å². The molecule has 4 nitrogen and oxygen atoms in total. The Morgan fingerprint density at radius 3 is 2.81 bits per heavy atom. The van der Waals surface area contributed by atoms with Gasteiger partial charge in [-0.3, -0.25) is 9.59 Å². The lowest BCUT2D eigenvalue weighted by molar-refractivity contribution is -0.136. The van der Waals surface area contributed by atoms with Gasteiger partial charge in [-0.1, -0.05) is 17.7 Å². The molecule has 1 aromatic rings. The average Bonchev–Trinajstić information content (AvgIpc) is 2.25. The highest BCUT2D eigenvalue weighted by Crippen LogP contribution is 2.03. The van der Waals surface area contributed by atoms with E-state index in [-0.39, 0.29) is 12.0 Å². The summed E-state index contributed by atoms with van der Waals surface area (Å²) in [5.74, 6) is -0.801. The van der Waals surface area contributed by atoms with Crippen molar-refractivity contribution >= 4 is 5.97 Å². The minimum atomic E-state index is -0.801. The van der Waals surface area contributed by atoms with Crippen LogP contribution in [-0.4, -0.2) is 15.6 Å². The maximum absolute atomic E-state index is 11.3. The van der Waals surface area contributed by atoms with Gasteiger partial charge in [0, 0.05) is 25.2 Å². The van der Waals surface area contributed by atoms with Gasteiger partial charge in [-0.15, -0.1) is 0 Å². The Balaban J connectivity index is 2.56. The summed E-state index contributed by atoms with van der Waals surface area (Å²) in [5, 5.41) is 8.51. The van der Waals surface area contributed by atoms with Crippen molar-refractivity contribution in [2.45, 2.75) is 26.3 Å². The molecule has 0 fully saturated rings. The van der Waals surface area contributed by atoms with Crippen LogP contribution < -0.4 is 5.56 Å². The van der Waals surface area contributed by atoms with Crippen LogP contribution in [0.3, 0.4) is 0 Å². The van der Waals surface area contributed by atoms with E-state index in [0.29, 0.717) is 13.0 Å². The second-order valence-electron chi connectivity index (χ2n) is 3.64. The molecule has 1 N–H and O–H groups in total. The Bertz CT molecular complexity index is 446. The van der Waals surface area contributed by atoms with Crippen molar-refractivity contribution in [3.63, 3.8) is 0 Å². The van der Waals surface area contributed by atoms with Gasteiger partial charge in [0.2, 0.25) is 0 Å². The van der Waals surface area contributed by atoms with E-state index in [1.54, 1.807) is 22.9 Å². The lowest BCUT2D eigenvalue weighted by Gasteiger charge is -2.02. The van der Waals surface area contributed by atoms with Crippen molar-refractivity contribution in [3.8, 4) is 0 Å². The monoisotopic (exact) mass is 221 g/mol. The quantitative estimate of drug-likeness (QED) is 0.769. The smallest absolute Gasteiger partial charge is 0.303 e. The van der Waals surface area contributed by atoms with Crippen LogP contribution in [0.2, 0.25) is 0 Å². The molecule has 0 amide bonds. The molecule has 0 saturated heterocycles. The zero-order valence-corrected chi connectivity index (χ0v) is 9.22. The van der Waals surface area contributed by atoms with Crippen LogP contribution in [0.5, 0.6) is 0 Å². The average molecular weight is 221 g/mol. The normalized spacial score (nSPS) is 11.4. The number of allylic oxidation sites excluding steroid dienone is 2. The molecule has 0 saturated carbocycles. The lowest BCUT2D eigenvalue weighted by Crippen LogP contribution is -2.16. The van der Waals surface area contributed by atoms with Gasteiger partial charge < -0.3 is 9.67 Å². The summed E-state index contributed by atoms with van der Waals surface area (Å²) in [6.45, 7) is 2.36. The molecule has 0 aliphatic carbocycles. The number of pyridine rings is 1. The molecule has 0 aromatic carbocycles. The fourth-order valence-electron chi connectivity index (χ4n) is 1.27. The molecule has 4 heteroatoms. The SMILES string of the molecule is C/C(=C\Cn1ccccc1=O)CCC(=O)O. The van der Waals surface area contributed by atoms with Gasteiger partial charge in [-0.05, 0) is 19.4 Å². The standard InChI is InChI=1S/C12H15NO3/c1-10(5-6-12(15)16)7-9-13-8-3-2-4-11(13)14/h2-4,7-8H,5-6,9H2,1H3,(H,15,16)/b10-7+. The molecule has 0 spiro atoms. The van der Waals surface area contributed by atoms with E-state index >= 15 is 0 Å². The van der Waals surface area contributed by atoms with Gasteiger partial charge in [-0.25, -0.2) is 0 Å². The molecule has 0 aliphatic rings. The van der Waals surface area contributed by atoms with Gasteiger partial charge in [-0.2, -0.15) is 0 Å². The van der Waals surface area contributed by atoms with Crippen molar-refractivity contribution in [1.82, 2.24) is 4.57 Å². The van der Waals surface area contributed by atoms with Crippen molar-refractivity contribution < 1.29 is 9.90 Å². The first-order valence-electron chi connectivity index (χ1n) is 5.12. The Hall–Kier alpha value is -1.84. The number of carbonyl (C=O) groups is 1. The number of rotatable bonds is 5. The summed E-state index contributed by atoms with van der Waals surface area (Å²) in [6.07, 6.45) is 4.25. The number of hydrogen-bond acceptors (Lipinski definition) is 2. The second-order valence-corrected chi connectivity index (χ2v) is 3.64. The topological polar surface area (TPSA) is 59.3 Å². The largest absolute Gasteiger partial charge is 0.481 e. The first-order chi connectivity index (χ1) is 7.59. The first kappa shape index (κ1) is 12.2. The van der Waals surface area contributed by atoms with Crippen molar-refractivity contribution in [2.24, 2.45) is 0 Å². The molecule has 1 aromatic heterocycles. The molecule has 0 unspecified atom stereocenters. The number of nitrogens with zero attached hydrogens (tertiary/aromatic N) is 1. The maximum Gasteiger partial charge on any atom is 0.303 e. The van der Waals surface area contributed by atoms with Gasteiger partial charge in [0.05, 0.1) is 0 Å². The number of carboxylic acid groups (broad SMARTS) is 1. The third-order valence-corrected chi connectivity index (χ3v) is 2.27. The van der Waals surface area contributed by atoms with Crippen LogP contribution in [0.4, 0.5) is 0 Å². The zero-order chi connectivity index (χ0) is 12.0. The number of hydrogen-bond donors (Lipinski definition) is 1. The Morgan fingerprint density at radius 1 is 1.44 bits per heavy atom. The number of aliphatic carboxylic acids is 1. The highest BCUT2D eigenvalue weighted by atomic mass is 16.4. The fourth-order valence-corrected chi connectivity index (χ4v) is 1.27. The third kappa shape index (κ3) is 4.13. The van der Waals surface area contributed by atoms with Crippen molar-refractivity contribution in [2.75, 3.05) is 0 Å². The van der Waals surface area contributed by atoms with Crippen LogP contribution in [0.1, 0.15) is 19.8 Å². The van der Waals surface area contributed by atoms with E-state index in [1.165, 1.54) is 6.07 Å². The maximum atomic E-state index is 11.3. The minimum Gasteiger partial charge on any atom is -0.481 e. The van der Waals surface area contributed by atoms with E-state index in [9.17, 15) is 9.59 Å². The predicted molar refractivity (Wildman–Crippen MR) is 61.3 cm³/mol. The molecule has 0 atom stereocenters. The van der Waals surface area contributed by atoms with Gasteiger partial charge in [0.1, 0.15) is 0 Å². The highest BCUT2D eigenvalue weighted by molar-refractivity contribution is 5.66. The summed E-state index contributed by atoms with van der Waals surface area (Å²) in [4.78, 5) is 21.7. The van der Waals surface area contributed by atoms with Gasteiger partial charge in [0.15, 0.2) is 0 Å². The number of carboxylic acids is 1. The predicted octanol–water partition coefficient (Wildman–Crippen LogP) is 1.66. The van der Waals surface area contributed by atoms with Crippen LogP contribution in [0.15, 0.2) is 40.8 Å². The Labute approximate surface area is 93.8 Å². The molecule has 86 valence electrons. The van der Waals surface area contributed by atoms with Crippen LogP contribution in [-0.2, 0) is 11.3 Å². The van der Waals surface area contributed by atoms with Crippen LogP contribution in [0, 0.1) is 0 Å². The summed E-state index contributed by atoms with van der Waals surface area (Å²) in [5.41, 5.74) is 0.933. The van der Waals surface area contributed by atoms with Crippen molar-refractivity contribution in [1.29, 1.82) is 0 Å². The molecular formula is C12H15NO3. The molecule has 1 heterocycles. The molecule has 1 rings (SSSR count). The van der Waals surface area contributed by atoms with E-state index in [0.717, 1.165) is 5.57 Å². The van der Waals surface area contributed by atoms with E-state index in [4.69, 9.17) is 5.11 Å². The van der Waals surface area contributed by atoms with Gasteiger partial charge >= 0.3 is 5.97 Å². The van der Waals surface area contributed by atoms with E-state index in [2.05, 4.69) is 0 Å². The summed E-state index contributed by atoms with van der Waals surface area (Å²) in [7, 11) is 0. The third-order valence-electron chi connectivity index (χ3n) is 2.27. The van der Waals surface area contributed by atoms with E-state index in [1.807, 2.05) is 13.0 Å². The minimum absolute atomic E-state index is 0.0511. The van der Waals surface area contributed by atoms with Gasteiger partial charge in [0.25, 0.3) is 5.56 Å². The Kier molecular flexibility index (Phi) is 4.51. The lowest BCUT2D eigenvalue weighted by atomic mass is 10.1. The molecular weight excluding hydrogens is 206 g/mol. The Morgan fingerprint density at radius 2 is 2.19 bits per heavy atom. The summed E-state index contributed by atoms with van der Waals surface area (Å²) >= 11 is 0. The summed E-state index contributed by atoms with van der Waals surface area (Å²) in [6, 6.07) is 4.99. The molecule has 0 radical (unpaired) electrons. The van der Waals surface area contributed by atoms with Crippen molar-refractivity contribution in [3.05, 3.63) is 46.4 Å². The van der Waals surface area contributed by atoms with E-state index < -0.39 is 5.97 Å². The van der Waals surface area contributed by atoms with Crippen LogP contribution >= 0.6 is 0 Å². The molecule has 0 aliphatic heterocycles. The second kappa shape index (κ2) is 5.90. The molecule has 16 heavy (non-hydrogen) atoms.